The topological polar surface area (TPSA) is 18.5 Å². The van der Waals surface area contributed by atoms with Gasteiger partial charge in [0.1, 0.15) is 5.75 Å². The Kier molecular flexibility index (Phi) is 4.27. The molecule has 0 aliphatic heterocycles. The van der Waals surface area contributed by atoms with Gasteiger partial charge in [0.2, 0.25) is 0 Å². The predicted octanol–water partition coefficient (Wildman–Crippen LogP) is 4.59. The first-order valence-electron chi connectivity index (χ1n) is 6.79. The van der Waals surface area contributed by atoms with Crippen molar-refractivity contribution in [3.63, 3.8) is 0 Å². The van der Waals surface area contributed by atoms with Gasteiger partial charge in [-0.05, 0) is 30.5 Å². The lowest BCUT2D eigenvalue weighted by Crippen LogP contribution is -2.39. The minimum absolute atomic E-state index is 0.530. The fraction of sp³-hybridized carbons (Fsp3) is 0.375. The van der Waals surface area contributed by atoms with Gasteiger partial charge in [-0.1, -0.05) is 50.2 Å². The Bertz CT molecular complexity index is 544. The van der Waals surface area contributed by atoms with Crippen molar-refractivity contribution in [3.05, 3.63) is 42.5 Å². The van der Waals surface area contributed by atoms with Gasteiger partial charge in [0.15, 0.2) is 0 Å². The standard InChI is InChI=1S/C16H22O2Si/c1-13(2)12-17-19(3,4)18-16-11-7-9-14-8-5-6-10-15(14)16/h5-11,13H,12H2,1-4H3. The van der Waals surface area contributed by atoms with E-state index >= 15 is 0 Å². The summed E-state index contributed by atoms with van der Waals surface area (Å²) in [4.78, 5) is 0. The number of hydrogen-bond acceptors (Lipinski definition) is 2. The number of hydrogen-bond donors (Lipinski definition) is 0. The van der Waals surface area contributed by atoms with Gasteiger partial charge >= 0.3 is 8.56 Å². The lowest BCUT2D eigenvalue weighted by Gasteiger charge is -2.25. The number of benzene rings is 2. The molecule has 0 radical (unpaired) electrons. The number of rotatable bonds is 5. The molecular weight excluding hydrogens is 252 g/mol. The second-order valence-electron chi connectivity index (χ2n) is 5.68. The average molecular weight is 274 g/mol. The van der Waals surface area contributed by atoms with Crippen LogP contribution in [0.25, 0.3) is 10.8 Å². The van der Waals surface area contributed by atoms with Crippen molar-refractivity contribution in [2.24, 2.45) is 5.92 Å². The molecule has 0 saturated carbocycles. The number of fused-ring (bicyclic) bond motifs is 1. The quantitative estimate of drug-likeness (QED) is 0.742. The summed E-state index contributed by atoms with van der Waals surface area (Å²) in [5, 5.41) is 2.35. The van der Waals surface area contributed by atoms with Crippen LogP contribution in [0.1, 0.15) is 13.8 Å². The molecule has 2 aromatic carbocycles. The third-order valence-electron chi connectivity index (χ3n) is 2.87. The normalized spacial score (nSPS) is 12.1. The van der Waals surface area contributed by atoms with Gasteiger partial charge in [-0.15, -0.1) is 0 Å². The minimum atomic E-state index is -2.12. The fourth-order valence-corrected chi connectivity index (χ4v) is 3.45. The molecule has 2 rings (SSSR count). The van der Waals surface area contributed by atoms with Crippen molar-refractivity contribution in [3.8, 4) is 5.75 Å². The maximum atomic E-state index is 6.18. The molecule has 2 aromatic rings. The maximum absolute atomic E-state index is 6.18. The van der Waals surface area contributed by atoms with E-state index in [2.05, 4.69) is 45.1 Å². The third kappa shape index (κ3) is 3.82. The van der Waals surface area contributed by atoms with Crippen molar-refractivity contribution in [1.82, 2.24) is 0 Å². The van der Waals surface area contributed by atoms with Crippen LogP contribution in [0, 0.1) is 5.92 Å². The van der Waals surface area contributed by atoms with Crippen LogP contribution in [0.4, 0.5) is 0 Å². The Hall–Kier alpha value is -1.32. The van der Waals surface area contributed by atoms with E-state index in [1.54, 1.807) is 0 Å². The molecule has 0 aliphatic carbocycles. The van der Waals surface area contributed by atoms with E-state index in [9.17, 15) is 0 Å². The summed E-state index contributed by atoms with van der Waals surface area (Å²) in [5.74, 6) is 1.46. The summed E-state index contributed by atoms with van der Waals surface area (Å²) in [6.07, 6.45) is 0. The highest BCUT2D eigenvalue weighted by atomic mass is 28.4. The van der Waals surface area contributed by atoms with Crippen LogP contribution in [-0.2, 0) is 4.43 Å². The molecule has 0 bridgehead atoms. The van der Waals surface area contributed by atoms with Crippen LogP contribution in [0.15, 0.2) is 42.5 Å². The molecule has 0 saturated heterocycles. The Labute approximate surface area is 116 Å². The highest BCUT2D eigenvalue weighted by Crippen LogP contribution is 2.27. The molecule has 19 heavy (non-hydrogen) atoms. The second-order valence-corrected chi connectivity index (χ2v) is 8.98. The molecule has 2 nitrogen and oxygen atoms in total. The first kappa shape index (κ1) is 14.1. The largest absolute Gasteiger partial charge is 0.520 e. The summed E-state index contributed by atoms with van der Waals surface area (Å²) in [6, 6.07) is 14.4. The van der Waals surface area contributed by atoms with Gasteiger partial charge in [-0.2, -0.15) is 0 Å². The molecule has 0 atom stereocenters. The van der Waals surface area contributed by atoms with E-state index in [0.29, 0.717) is 5.92 Å². The van der Waals surface area contributed by atoms with Gasteiger partial charge in [0, 0.05) is 12.0 Å². The van der Waals surface area contributed by atoms with E-state index in [4.69, 9.17) is 8.85 Å². The third-order valence-corrected chi connectivity index (χ3v) is 4.44. The summed E-state index contributed by atoms with van der Waals surface area (Å²) >= 11 is 0. The van der Waals surface area contributed by atoms with E-state index in [0.717, 1.165) is 17.7 Å². The van der Waals surface area contributed by atoms with Crippen molar-refractivity contribution >= 4 is 19.3 Å². The van der Waals surface area contributed by atoms with Crippen LogP contribution < -0.4 is 4.43 Å². The molecule has 0 N–H and O–H groups in total. The smallest absolute Gasteiger partial charge is 0.392 e. The molecule has 0 aromatic heterocycles. The Balaban J connectivity index is 2.21. The molecule has 3 heteroatoms. The van der Waals surface area contributed by atoms with E-state index < -0.39 is 8.56 Å². The molecule has 0 aliphatic rings. The summed E-state index contributed by atoms with van der Waals surface area (Å²) in [5.41, 5.74) is 0. The van der Waals surface area contributed by atoms with Crippen molar-refractivity contribution in [1.29, 1.82) is 0 Å². The summed E-state index contributed by atoms with van der Waals surface area (Å²) in [7, 11) is -2.12. The van der Waals surface area contributed by atoms with Crippen molar-refractivity contribution < 1.29 is 8.85 Å². The Morgan fingerprint density at radius 2 is 1.68 bits per heavy atom. The van der Waals surface area contributed by atoms with Gasteiger partial charge < -0.3 is 8.85 Å². The van der Waals surface area contributed by atoms with E-state index in [1.165, 1.54) is 5.39 Å². The maximum Gasteiger partial charge on any atom is 0.392 e. The highest BCUT2D eigenvalue weighted by molar-refractivity contribution is 6.65. The van der Waals surface area contributed by atoms with Crippen LogP contribution in [0.3, 0.4) is 0 Å². The second kappa shape index (κ2) is 5.76. The molecule has 102 valence electrons. The zero-order chi connectivity index (χ0) is 13.9. The predicted molar refractivity (Wildman–Crippen MR) is 82.8 cm³/mol. The summed E-state index contributed by atoms with van der Waals surface area (Å²) < 4.78 is 12.1. The minimum Gasteiger partial charge on any atom is -0.520 e. The van der Waals surface area contributed by atoms with Gasteiger partial charge in [-0.3, -0.25) is 0 Å². The van der Waals surface area contributed by atoms with Gasteiger partial charge in [-0.25, -0.2) is 0 Å². The average Bonchev–Trinajstić information content (AvgIpc) is 2.37. The first-order valence-corrected chi connectivity index (χ1v) is 9.60. The van der Waals surface area contributed by atoms with Crippen molar-refractivity contribution in [2.75, 3.05) is 6.61 Å². The fourth-order valence-electron chi connectivity index (χ4n) is 1.95. The van der Waals surface area contributed by atoms with Gasteiger partial charge in [0.25, 0.3) is 0 Å². The van der Waals surface area contributed by atoms with Crippen LogP contribution in [-0.4, -0.2) is 15.2 Å². The van der Waals surface area contributed by atoms with E-state index in [-0.39, 0.29) is 0 Å². The van der Waals surface area contributed by atoms with Crippen LogP contribution >= 0.6 is 0 Å². The van der Waals surface area contributed by atoms with Crippen LogP contribution in [0.2, 0.25) is 13.1 Å². The van der Waals surface area contributed by atoms with Crippen molar-refractivity contribution in [2.45, 2.75) is 26.9 Å². The Morgan fingerprint density at radius 3 is 2.42 bits per heavy atom. The molecule has 0 unspecified atom stereocenters. The highest BCUT2D eigenvalue weighted by Gasteiger charge is 2.27. The lowest BCUT2D eigenvalue weighted by atomic mass is 10.1. The SMILES string of the molecule is CC(C)CO[Si](C)(C)Oc1cccc2ccccc12. The zero-order valence-corrected chi connectivity index (χ0v) is 13.1. The molecule has 0 heterocycles. The van der Waals surface area contributed by atoms with Crippen LogP contribution in [0.5, 0.6) is 5.75 Å². The summed E-state index contributed by atoms with van der Waals surface area (Å²) in [6.45, 7) is 9.25. The lowest BCUT2D eigenvalue weighted by molar-refractivity contribution is 0.217. The monoisotopic (exact) mass is 274 g/mol. The molecule has 0 amide bonds. The van der Waals surface area contributed by atoms with E-state index in [1.807, 2.05) is 24.3 Å². The Morgan fingerprint density at radius 1 is 1.00 bits per heavy atom. The van der Waals surface area contributed by atoms with Gasteiger partial charge in [0.05, 0.1) is 0 Å². The zero-order valence-electron chi connectivity index (χ0n) is 12.1. The first-order chi connectivity index (χ1) is 8.98. The molecule has 0 spiro atoms. The molecular formula is C16H22O2Si. The molecule has 0 fully saturated rings.